The fourth-order valence-electron chi connectivity index (χ4n) is 0.759. The van der Waals surface area contributed by atoms with Crippen LogP contribution in [-0.2, 0) is 10.0 Å². The van der Waals surface area contributed by atoms with Crippen LogP contribution in [0.2, 0.25) is 0 Å². The number of sulfonamides is 1. The van der Waals surface area contributed by atoms with E-state index in [0.717, 1.165) is 0 Å². The van der Waals surface area contributed by atoms with Gasteiger partial charge in [0.15, 0.2) is 4.90 Å². The van der Waals surface area contributed by atoms with Crippen LogP contribution in [0.25, 0.3) is 4.38 Å². The number of nitrogens with two attached hydrogens (primary N) is 1. The molecule has 5 nitrogen and oxygen atoms in total. The van der Waals surface area contributed by atoms with Gasteiger partial charge in [0, 0.05) is 0 Å². The third-order valence-electron chi connectivity index (χ3n) is 1.30. The Bertz CT molecular complexity index is 432. The Labute approximate surface area is 69.5 Å². The Hall–Kier alpha value is -1.61. The number of rotatable bonds is 1. The first-order valence-electron chi connectivity index (χ1n) is 3.04. The van der Waals surface area contributed by atoms with Gasteiger partial charge in [0.2, 0.25) is 5.39 Å². The molecule has 0 saturated heterocycles. The highest BCUT2D eigenvalue weighted by atomic mass is 32.2. The summed E-state index contributed by atoms with van der Waals surface area (Å²) < 4.78 is 24.1. The minimum atomic E-state index is -3.97. The second-order valence-electron chi connectivity index (χ2n) is 2.09. The number of hydrogen-bond donors (Lipinski definition) is 1. The lowest BCUT2D eigenvalue weighted by atomic mass is 10.3. The molecule has 0 heterocycles. The van der Waals surface area contributed by atoms with E-state index in [1.165, 1.54) is 18.2 Å². The number of hydrogen-bond acceptors (Lipinski definition) is 4. The van der Waals surface area contributed by atoms with E-state index in [2.05, 4.69) is 4.38 Å². The third kappa shape index (κ3) is 1.35. The lowest BCUT2D eigenvalue weighted by Gasteiger charge is -1.92. The first-order valence-corrected chi connectivity index (χ1v) is 4.48. The van der Waals surface area contributed by atoms with E-state index in [0.29, 0.717) is 0 Å². The molecule has 12 heavy (non-hydrogen) atoms. The van der Waals surface area contributed by atoms with Crippen LogP contribution in [-0.4, -0.2) is 8.42 Å². The van der Waals surface area contributed by atoms with Gasteiger partial charge >= 0.3 is 10.0 Å². The highest BCUT2D eigenvalue weighted by Gasteiger charge is 2.28. The molecule has 2 N–H and O–H groups in total. The Morgan fingerprint density at radius 3 is 2.42 bits per heavy atom. The summed E-state index contributed by atoms with van der Waals surface area (Å²) in [5, 5.41) is 8.15. The van der Waals surface area contributed by atoms with E-state index in [4.69, 9.17) is 11.1 Å². The van der Waals surface area contributed by atoms with Gasteiger partial charge in [-0.1, -0.05) is 12.1 Å². The quantitative estimate of drug-likeness (QED) is 0.516. The molecule has 0 bridgehead atoms. The summed E-state index contributed by atoms with van der Waals surface area (Å²) in [6.45, 7) is 0. The second kappa shape index (κ2) is 2.79. The molecule has 0 atom stereocenters. The van der Waals surface area contributed by atoms with Gasteiger partial charge in [0.05, 0.1) is 5.69 Å². The number of anilines is 1. The summed E-state index contributed by atoms with van der Waals surface area (Å²) in [6, 6.07) is 5.77. The largest absolute Gasteiger partial charge is 0.554 e. The minimum Gasteiger partial charge on any atom is -0.397 e. The van der Waals surface area contributed by atoms with Gasteiger partial charge in [-0.05, 0) is 12.1 Å². The van der Waals surface area contributed by atoms with E-state index in [-0.39, 0.29) is 10.6 Å². The van der Waals surface area contributed by atoms with Crippen LogP contribution in [0.5, 0.6) is 0 Å². The minimum absolute atomic E-state index is 0.0651. The van der Waals surface area contributed by atoms with Crippen LogP contribution in [0.3, 0.4) is 0 Å². The highest BCUT2D eigenvalue weighted by molar-refractivity contribution is 7.93. The SMILES string of the molecule is N#[N+]S(=O)(=O)c1ccccc1N. The molecule has 0 radical (unpaired) electrons. The lowest BCUT2D eigenvalue weighted by Crippen LogP contribution is -1.99. The van der Waals surface area contributed by atoms with Crippen molar-refractivity contribution in [3.63, 3.8) is 0 Å². The average molecular weight is 184 g/mol. The first kappa shape index (κ1) is 8.49. The maximum Gasteiger partial charge on any atom is 0.554 e. The lowest BCUT2D eigenvalue weighted by molar-refractivity contribution is 0.604. The van der Waals surface area contributed by atoms with Gasteiger partial charge in [-0.2, -0.15) is 0 Å². The average Bonchev–Trinajstić information content (AvgIpc) is 2.05. The van der Waals surface area contributed by atoms with Crippen molar-refractivity contribution in [2.24, 2.45) is 0 Å². The van der Waals surface area contributed by atoms with E-state index in [1.807, 2.05) is 0 Å². The molecule has 0 aliphatic rings. The van der Waals surface area contributed by atoms with Crippen molar-refractivity contribution < 1.29 is 8.42 Å². The zero-order valence-corrected chi connectivity index (χ0v) is 6.82. The van der Waals surface area contributed by atoms with Gasteiger partial charge in [-0.3, -0.25) is 0 Å². The molecule has 0 unspecified atom stereocenters. The number of para-hydroxylation sites is 1. The maximum atomic E-state index is 10.9. The smallest absolute Gasteiger partial charge is 0.397 e. The Kier molecular flexibility index (Phi) is 1.97. The molecule has 0 aromatic heterocycles. The summed E-state index contributed by atoms with van der Waals surface area (Å²) in [5.41, 5.74) is 5.40. The monoisotopic (exact) mass is 184 g/mol. The van der Waals surface area contributed by atoms with Gasteiger partial charge in [-0.15, -0.1) is 8.42 Å². The molecule has 1 aromatic carbocycles. The molecule has 6 heteroatoms. The zero-order chi connectivity index (χ0) is 9.19. The summed E-state index contributed by atoms with van der Waals surface area (Å²) in [5.74, 6) is 0. The van der Waals surface area contributed by atoms with Crippen molar-refractivity contribution in [2.75, 3.05) is 5.73 Å². The molecule has 1 aromatic rings. The van der Waals surface area contributed by atoms with Crippen LogP contribution in [0, 0.1) is 5.39 Å². The van der Waals surface area contributed by atoms with Crippen molar-refractivity contribution in [2.45, 2.75) is 4.90 Å². The van der Waals surface area contributed by atoms with E-state index in [1.54, 1.807) is 6.07 Å². The number of benzene rings is 1. The molecule has 62 valence electrons. The molecular weight excluding hydrogens is 178 g/mol. The van der Waals surface area contributed by atoms with E-state index in [9.17, 15) is 8.42 Å². The van der Waals surface area contributed by atoms with Gasteiger partial charge < -0.3 is 5.73 Å². The third-order valence-corrected chi connectivity index (χ3v) is 2.45. The van der Waals surface area contributed by atoms with E-state index < -0.39 is 10.0 Å². The molecule has 0 saturated carbocycles. The molecule has 0 spiro atoms. The topological polar surface area (TPSA) is 88.3 Å². The van der Waals surface area contributed by atoms with Crippen molar-refractivity contribution in [1.29, 1.82) is 5.39 Å². The number of nitrogens with zero attached hydrogens (tertiary/aromatic N) is 2. The van der Waals surface area contributed by atoms with Gasteiger partial charge in [0.1, 0.15) is 0 Å². The predicted molar refractivity (Wildman–Crippen MR) is 43.1 cm³/mol. The van der Waals surface area contributed by atoms with Crippen LogP contribution >= 0.6 is 0 Å². The summed E-state index contributed by atoms with van der Waals surface area (Å²) >= 11 is 0. The number of nitrogen functional groups attached to an aromatic ring is 1. The van der Waals surface area contributed by atoms with Crippen molar-refractivity contribution >= 4 is 15.7 Å². The molecule has 0 fully saturated rings. The van der Waals surface area contributed by atoms with Crippen LogP contribution in [0.15, 0.2) is 29.2 Å². The van der Waals surface area contributed by atoms with E-state index >= 15 is 0 Å². The molecule has 0 aliphatic carbocycles. The molecular formula is C6H6N3O2S+. The highest BCUT2D eigenvalue weighted by Crippen LogP contribution is 2.18. The second-order valence-corrected chi connectivity index (χ2v) is 3.65. The Morgan fingerprint density at radius 1 is 1.33 bits per heavy atom. The summed E-state index contributed by atoms with van der Waals surface area (Å²) in [6.07, 6.45) is 0. The van der Waals surface area contributed by atoms with Crippen LogP contribution < -0.4 is 5.73 Å². The Morgan fingerprint density at radius 2 is 1.92 bits per heavy atom. The fourth-order valence-corrected chi connectivity index (χ4v) is 1.46. The molecule has 0 amide bonds. The number of diazo groups is 1. The zero-order valence-electron chi connectivity index (χ0n) is 6.01. The van der Waals surface area contributed by atoms with Gasteiger partial charge in [0.25, 0.3) is 4.38 Å². The van der Waals surface area contributed by atoms with Gasteiger partial charge in [-0.25, -0.2) is 0 Å². The summed E-state index contributed by atoms with van der Waals surface area (Å²) in [4.78, 5) is -0.187. The summed E-state index contributed by atoms with van der Waals surface area (Å²) in [7, 11) is -3.97. The standard InChI is InChI=1S/C6H6N3O2S/c7-5-3-1-2-4-6(5)12(10,11)9-8/h1-4H,7H2/q+1. The normalized spacial score (nSPS) is 10.6. The predicted octanol–water partition coefficient (Wildman–Crippen LogP) is 0.811. The van der Waals surface area contributed by atoms with Crippen LogP contribution in [0.1, 0.15) is 0 Å². The molecule has 1 rings (SSSR count). The van der Waals surface area contributed by atoms with Crippen molar-refractivity contribution in [1.82, 2.24) is 0 Å². The first-order chi connectivity index (χ1) is 5.58. The van der Waals surface area contributed by atoms with Crippen molar-refractivity contribution in [3.8, 4) is 0 Å². The van der Waals surface area contributed by atoms with Crippen LogP contribution in [0.4, 0.5) is 5.69 Å². The Balaban J connectivity index is 3.43. The van der Waals surface area contributed by atoms with Crippen molar-refractivity contribution in [3.05, 3.63) is 28.6 Å². The maximum absolute atomic E-state index is 10.9. The fraction of sp³-hybridized carbons (Fsp3) is 0. The molecule has 0 aliphatic heterocycles.